The molecule has 0 heterocycles. The number of nitrogens with zero attached hydrogens (tertiary/aromatic N) is 2. The summed E-state index contributed by atoms with van der Waals surface area (Å²) in [6.07, 6.45) is -3.56. The largest absolute Gasteiger partial charge is 0.493 e. The van der Waals surface area contributed by atoms with Crippen molar-refractivity contribution in [2.45, 2.75) is 6.18 Å². The number of hydrogen-bond donors (Lipinski definition) is 1. The van der Waals surface area contributed by atoms with Crippen LogP contribution in [0.4, 0.5) is 18.9 Å². The minimum atomic E-state index is -4.77. The van der Waals surface area contributed by atoms with E-state index in [1.54, 1.807) is 12.1 Å². The van der Waals surface area contributed by atoms with Crippen molar-refractivity contribution < 1.29 is 37.1 Å². The van der Waals surface area contributed by atoms with Gasteiger partial charge >= 0.3 is 11.9 Å². The molecule has 9 nitrogen and oxygen atoms in total. The van der Waals surface area contributed by atoms with E-state index in [9.17, 15) is 28.1 Å². The zero-order chi connectivity index (χ0) is 27.3. The second-order valence-corrected chi connectivity index (χ2v) is 8.88. The number of ether oxygens (including phenoxy) is 3. The quantitative estimate of drug-likeness (QED) is 0.165. The maximum atomic E-state index is 13.0. The van der Waals surface area contributed by atoms with Crippen LogP contribution in [0.1, 0.15) is 21.5 Å². The molecule has 3 aromatic carbocycles. The number of hydrazone groups is 1. The molecule has 0 saturated heterocycles. The molecule has 37 heavy (non-hydrogen) atoms. The van der Waals surface area contributed by atoms with Crippen LogP contribution in [0.2, 0.25) is 0 Å². The fourth-order valence-corrected chi connectivity index (χ4v) is 4.36. The Labute approximate surface area is 224 Å². The lowest BCUT2D eigenvalue weighted by Crippen LogP contribution is -2.17. The van der Waals surface area contributed by atoms with Crippen LogP contribution in [-0.2, 0) is 6.18 Å². The van der Waals surface area contributed by atoms with Crippen molar-refractivity contribution in [1.29, 1.82) is 0 Å². The van der Waals surface area contributed by atoms with E-state index in [2.05, 4.69) is 42.4 Å². The van der Waals surface area contributed by atoms with Crippen molar-refractivity contribution >= 4 is 49.7 Å². The third-order valence-corrected chi connectivity index (χ3v) is 5.79. The Balaban J connectivity index is 1.90. The van der Waals surface area contributed by atoms with Crippen LogP contribution in [0.25, 0.3) is 0 Å². The maximum Gasteiger partial charge on any atom is 0.416 e. The van der Waals surface area contributed by atoms with Crippen LogP contribution in [0, 0.1) is 10.1 Å². The smallest absolute Gasteiger partial charge is 0.416 e. The fraction of sp³-hybridized carbons (Fsp3) is 0.130. The molecule has 0 atom stereocenters. The highest BCUT2D eigenvalue weighted by atomic mass is 79.9. The lowest BCUT2D eigenvalue weighted by Gasteiger charge is -2.13. The third-order valence-electron chi connectivity index (χ3n) is 4.75. The number of halogens is 5. The molecule has 3 aromatic rings. The second kappa shape index (κ2) is 11.6. The first kappa shape index (κ1) is 27.9. The second-order valence-electron chi connectivity index (χ2n) is 7.11. The molecule has 0 aliphatic carbocycles. The number of methoxy groups -OCH3 is 2. The lowest BCUT2D eigenvalue weighted by atomic mass is 10.1. The first-order valence-electron chi connectivity index (χ1n) is 10.0. The number of nitro groups is 1. The van der Waals surface area contributed by atoms with Crippen molar-refractivity contribution in [3.05, 3.63) is 84.3 Å². The summed E-state index contributed by atoms with van der Waals surface area (Å²) in [5.41, 5.74) is 0.724. The average Bonchev–Trinajstić information content (AvgIpc) is 2.84. The van der Waals surface area contributed by atoms with Crippen LogP contribution in [0.5, 0.6) is 23.0 Å². The Morgan fingerprint density at radius 2 is 1.70 bits per heavy atom. The highest BCUT2D eigenvalue weighted by molar-refractivity contribution is 9.11. The van der Waals surface area contributed by atoms with E-state index < -0.39 is 34.0 Å². The van der Waals surface area contributed by atoms with E-state index in [0.29, 0.717) is 32.6 Å². The maximum absolute atomic E-state index is 13.0. The van der Waals surface area contributed by atoms with Gasteiger partial charge in [-0.25, -0.2) is 5.43 Å². The minimum Gasteiger partial charge on any atom is -0.493 e. The van der Waals surface area contributed by atoms with Crippen LogP contribution in [0.15, 0.2) is 62.6 Å². The first-order valence-corrected chi connectivity index (χ1v) is 11.6. The molecule has 0 saturated carbocycles. The van der Waals surface area contributed by atoms with Gasteiger partial charge in [-0.2, -0.15) is 18.3 Å². The summed E-state index contributed by atoms with van der Waals surface area (Å²) in [4.78, 5) is 23.0. The average molecular weight is 647 g/mol. The standard InChI is InChI=1S/C23H16Br2F3N3O6/c1-35-19-5-3-12(8-20(19)36-2)22(32)30-29-11-13-7-15(24)10-16(25)21(13)37-18-6-4-14(23(26,27)28)9-17(18)31(33)34/h3-11H,1-2H3,(H,30,32)/b29-11+. The lowest BCUT2D eigenvalue weighted by molar-refractivity contribution is -0.385. The number of carbonyl (C=O) groups excluding carboxylic acids is 1. The van der Waals surface area contributed by atoms with E-state index in [-0.39, 0.29) is 16.9 Å². The van der Waals surface area contributed by atoms with Gasteiger partial charge in [0.2, 0.25) is 5.75 Å². The van der Waals surface area contributed by atoms with Crippen molar-refractivity contribution in [3.8, 4) is 23.0 Å². The predicted molar refractivity (Wildman–Crippen MR) is 135 cm³/mol. The third kappa shape index (κ3) is 6.77. The number of rotatable bonds is 8. The molecule has 0 aromatic heterocycles. The summed E-state index contributed by atoms with van der Waals surface area (Å²) in [6, 6.07) is 9.51. The fourth-order valence-electron chi connectivity index (χ4n) is 3.02. The van der Waals surface area contributed by atoms with E-state index >= 15 is 0 Å². The van der Waals surface area contributed by atoms with Gasteiger partial charge in [-0.05, 0) is 58.4 Å². The molecular weight excluding hydrogens is 631 g/mol. The summed E-state index contributed by atoms with van der Waals surface area (Å²) in [7, 11) is 2.88. The van der Waals surface area contributed by atoms with Crippen LogP contribution < -0.4 is 19.6 Å². The summed E-state index contributed by atoms with van der Waals surface area (Å²) in [5.74, 6) is -0.225. The number of alkyl halides is 3. The molecule has 14 heteroatoms. The van der Waals surface area contributed by atoms with Gasteiger partial charge in [0.15, 0.2) is 17.2 Å². The Bertz CT molecular complexity index is 1380. The number of amides is 1. The normalized spacial score (nSPS) is 11.3. The number of hydrogen-bond acceptors (Lipinski definition) is 7. The van der Waals surface area contributed by atoms with Crippen molar-refractivity contribution in [2.24, 2.45) is 5.10 Å². The SMILES string of the molecule is COc1ccc(C(=O)N/N=C/c2cc(Br)cc(Br)c2Oc2ccc(C(F)(F)F)cc2[N+](=O)[O-])cc1OC. The summed E-state index contributed by atoms with van der Waals surface area (Å²) < 4.78 is 55.9. The molecule has 1 N–H and O–H groups in total. The van der Waals surface area contributed by atoms with Gasteiger partial charge in [0.05, 0.1) is 35.4 Å². The van der Waals surface area contributed by atoms with Gasteiger partial charge < -0.3 is 14.2 Å². The Hall–Kier alpha value is -3.65. The number of nitrogens with one attached hydrogen (secondary N) is 1. The van der Waals surface area contributed by atoms with Gasteiger partial charge in [0.25, 0.3) is 5.91 Å². The van der Waals surface area contributed by atoms with Crippen molar-refractivity contribution in [2.75, 3.05) is 14.2 Å². The molecule has 0 bridgehead atoms. The zero-order valence-corrected chi connectivity index (χ0v) is 22.1. The van der Waals surface area contributed by atoms with Gasteiger partial charge in [0, 0.05) is 21.7 Å². The van der Waals surface area contributed by atoms with E-state index in [1.807, 2.05) is 0 Å². The van der Waals surface area contributed by atoms with E-state index in [1.165, 1.54) is 38.6 Å². The summed E-state index contributed by atoms with van der Waals surface area (Å²) in [6.45, 7) is 0. The molecule has 194 valence electrons. The topological polar surface area (TPSA) is 112 Å². The van der Waals surface area contributed by atoms with Crippen molar-refractivity contribution in [1.82, 2.24) is 5.43 Å². The highest BCUT2D eigenvalue weighted by Crippen LogP contribution is 2.41. The monoisotopic (exact) mass is 645 g/mol. The highest BCUT2D eigenvalue weighted by Gasteiger charge is 2.33. The van der Waals surface area contributed by atoms with Gasteiger partial charge in [-0.3, -0.25) is 14.9 Å². The Morgan fingerprint density at radius 1 is 1.03 bits per heavy atom. The van der Waals surface area contributed by atoms with Gasteiger partial charge in [-0.15, -0.1) is 0 Å². The molecule has 0 radical (unpaired) electrons. The molecule has 1 amide bonds. The molecule has 3 rings (SSSR count). The zero-order valence-electron chi connectivity index (χ0n) is 18.9. The van der Waals surface area contributed by atoms with E-state index in [4.69, 9.17) is 14.2 Å². The predicted octanol–water partition coefficient (Wildman–Crippen LogP) is 6.71. The minimum absolute atomic E-state index is 0.00942. The molecule has 0 fully saturated rings. The summed E-state index contributed by atoms with van der Waals surface area (Å²) in [5, 5.41) is 15.3. The molecule has 0 aliphatic rings. The Morgan fingerprint density at radius 3 is 2.32 bits per heavy atom. The molecule has 0 spiro atoms. The van der Waals surface area contributed by atoms with E-state index in [0.717, 1.165) is 6.07 Å². The van der Waals surface area contributed by atoms with Crippen LogP contribution in [0.3, 0.4) is 0 Å². The number of benzene rings is 3. The number of nitro benzene ring substituents is 1. The summed E-state index contributed by atoms with van der Waals surface area (Å²) >= 11 is 6.57. The molecule has 0 aliphatic heterocycles. The Kier molecular flexibility index (Phi) is 8.76. The van der Waals surface area contributed by atoms with Gasteiger partial charge in [0.1, 0.15) is 0 Å². The molecular formula is C23H16Br2F3N3O6. The van der Waals surface area contributed by atoms with Crippen LogP contribution in [-0.4, -0.2) is 31.3 Å². The van der Waals surface area contributed by atoms with Crippen LogP contribution >= 0.6 is 31.9 Å². The molecule has 0 unspecified atom stereocenters. The number of carbonyl (C=O) groups is 1. The van der Waals surface area contributed by atoms with Crippen molar-refractivity contribution in [3.63, 3.8) is 0 Å². The van der Waals surface area contributed by atoms with Gasteiger partial charge in [-0.1, -0.05) is 15.9 Å². The first-order chi connectivity index (χ1) is 17.4.